The fourth-order valence-electron chi connectivity index (χ4n) is 0.871. The maximum atomic E-state index is 11.2. The van der Waals surface area contributed by atoms with Crippen LogP contribution >= 0.6 is 10.8 Å². The lowest BCUT2D eigenvalue weighted by Crippen LogP contribution is -1.97. The van der Waals surface area contributed by atoms with Crippen LogP contribution in [0.2, 0.25) is 0 Å². The summed E-state index contributed by atoms with van der Waals surface area (Å²) in [5.74, 6) is 0. The number of hydrogen-bond acceptors (Lipinski definition) is 3. The Morgan fingerprint density at radius 1 is 1.45 bits per heavy atom. The van der Waals surface area contributed by atoms with Crippen molar-refractivity contribution < 1.29 is 8.42 Å². The standard InChI is InChI=1S/C7H10O2S2/c1-10-11(8,9)7-5-3-2-4-6-7/h3,5-6H,2,4H2,1H3. The fourth-order valence-corrected chi connectivity index (χ4v) is 2.60. The van der Waals surface area contributed by atoms with Crippen LogP contribution in [0.15, 0.2) is 23.1 Å². The van der Waals surface area contributed by atoms with Crippen molar-refractivity contribution in [1.29, 1.82) is 0 Å². The molecule has 0 aliphatic heterocycles. The lowest BCUT2D eigenvalue weighted by atomic mass is 10.2. The Labute approximate surface area is 70.7 Å². The zero-order valence-electron chi connectivity index (χ0n) is 6.28. The molecule has 0 atom stereocenters. The summed E-state index contributed by atoms with van der Waals surface area (Å²) in [6, 6.07) is 0. The molecule has 0 spiro atoms. The van der Waals surface area contributed by atoms with Crippen molar-refractivity contribution in [3.63, 3.8) is 0 Å². The van der Waals surface area contributed by atoms with Gasteiger partial charge in [0, 0.05) is 0 Å². The van der Waals surface area contributed by atoms with Crippen molar-refractivity contribution in [1.82, 2.24) is 0 Å². The van der Waals surface area contributed by atoms with Crippen LogP contribution in [0, 0.1) is 0 Å². The molecule has 0 unspecified atom stereocenters. The van der Waals surface area contributed by atoms with E-state index in [1.165, 1.54) is 0 Å². The van der Waals surface area contributed by atoms with E-state index in [0.29, 0.717) is 4.91 Å². The summed E-state index contributed by atoms with van der Waals surface area (Å²) in [5.41, 5.74) is 0. The van der Waals surface area contributed by atoms with E-state index >= 15 is 0 Å². The Bertz CT molecular complexity index is 286. The topological polar surface area (TPSA) is 34.1 Å². The van der Waals surface area contributed by atoms with E-state index in [1.54, 1.807) is 18.4 Å². The van der Waals surface area contributed by atoms with Gasteiger partial charge in [-0.05, 0) is 36.0 Å². The highest BCUT2D eigenvalue weighted by molar-refractivity contribution is 8.73. The van der Waals surface area contributed by atoms with Gasteiger partial charge in [-0.1, -0.05) is 12.2 Å². The van der Waals surface area contributed by atoms with Gasteiger partial charge in [-0.25, -0.2) is 8.42 Å². The third-order valence-electron chi connectivity index (χ3n) is 1.47. The largest absolute Gasteiger partial charge is 0.229 e. The van der Waals surface area contributed by atoms with Crippen LogP contribution in [0.3, 0.4) is 0 Å². The van der Waals surface area contributed by atoms with Gasteiger partial charge in [-0.3, -0.25) is 0 Å². The molecule has 2 nitrogen and oxygen atoms in total. The van der Waals surface area contributed by atoms with E-state index in [4.69, 9.17) is 0 Å². The Kier molecular flexibility index (Phi) is 2.78. The van der Waals surface area contributed by atoms with Gasteiger partial charge in [-0.2, -0.15) is 0 Å². The monoisotopic (exact) mass is 190 g/mol. The molecule has 0 aromatic heterocycles. The first kappa shape index (κ1) is 8.87. The molecular formula is C7H10O2S2. The third-order valence-corrected chi connectivity index (χ3v) is 4.68. The molecule has 1 aliphatic rings. The lowest BCUT2D eigenvalue weighted by molar-refractivity contribution is 0.616. The average Bonchev–Trinajstić information content (AvgIpc) is 2.06. The normalized spacial score (nSPS) is 18.1. The summed E-state index contributed by atoms with van der Waals surface area (Å²) in [4.78, 5) is 0.455. The molecule has 0 saturated heterocycles. The molecule has 0 saturated carbocycles. The second-order valence-electron chi connectivity index (χ2n) is 2.21. The lowest BCUT2D eigenvalue weighted by Gasteiger charge is -2.04. The molecule has 1 aliphatic carbocycles. The molecule has 0 aromatic rings. The zero-order chi connectivity index (χ0) is 8.32. The summed E-state index contributed by atoms with van der Waals surface area (Å²) in [6.45, 7) is 0. The highest BCUT2D eigenvalue weighted by Crippen LogP contribution is 2.23. The summed E-state index contributed by atoms with van der Waals surface area (Å²) in [7, 11) is -2.14. The van der Waals surface area contributed by atoms with Gasteiger partial charge in [0.25, 0.3) is 0 Å². The SMILES string of the molecule is CSS(=O)(=O)C1=CCCC=C1. The molecule has 1 rings (SSSR count). The Hall–Kier alpha value is -0.220. The summed E-state index contributed by atoms with van der Waals surface area (Å²) >= 11 is 0. The van der Waals surface area contributed by atoms with E-state index in [9.17, 15) is 8.42 Å². The Morgan fingerprint density at radius 3 is 2.64 bits per heavy atom. The number of hydrogen-bond donors (Lipinski definition) is 0. The van der Waals surface area contributed by atoms with E-state index in [0.717, 1.165) is 23.6 Å². The van der Waals surface area contributed by atoms with Gasteiger partial charge in [0.1, 0.15) is 0 Å². The fraction of sp³-hybridized carbons (Fsp3) is 0.429. The van der Waals surface area contributed by atoms with E-state index in [1.807, 2.05) is 6.08 Å². The molecule has 0 fully saturated rings. The van der Waals surface area contributed by atoms with Crippen molar-refractivity contribution in [3.8, 4) is 0 Å². The summed E-state index contributed by atoms with van der Waals surface area (Å²) in [6.07, 6.45) is 8.71. The summed E-state index contributed by atoms with van der Waals surface area (Å²) < 4.78 is 22.4. The van der Waals surface area contributed by atoms with E-state index < -0.39 is 8.87 Å². The summed E-state index contributed by atoms with van der Waals surface area (Å²) in [5, 5.41) is 0. The molecule has 4 heteroatoms. The molecule has 0 bridgehead atoms. The highest BCUT2D eigenvalue weighted by Gasteiger charge is 2.13. The Morgan fingerprint density at radius 2 is 2.18 bits per heavy atom. The first-order chi connectivity index (χ1) is 5.17. The molecule has 0 aromatic carbocycles. The molecule has 0 amide bonds. The van der Waals surface area contributed by atoms with Gasteiger partial charge >= 0.3 is 0 Å². The molecule has 0 heterocycles. The van der Waals surface area contributed by atoms with E-state index in [2.05, 4.69) is 0 Å². The Balaban J connectivity index is 2.92. The van der Waals surface area contributed by atoms with Crippen LogP contribution in [0.5, 0.6) is 0 Å². The molecule has 11 heavy (non-hydrogen) atoms. The van der Waals surface area contributed by atoms with Crippen molar-refractivity contribution in [2.75, 3.05) is 6.26 Å². The molecule has 0 N–H and O–H groups in total. The highest BCUT2D eigenvalue weighted by atomic mass is 33.1. The molecular weight excluding hydrogens is 180 g/mol. The van der Waals surface area contributed by atoms with Crippen molar-refractivity contribution in [2.45, 2.75) is 12.8 Å². The van der Waals surface area contributed by atoms with Gasteiger partial charge < -0.3 is 0 Å². The molecule has 62 valence electrons. The predicted molar refractivity (Wildman–Crippen MR) is 48.9 cm³/mol. The van der Waals surface area contributed by atoms with Crippen LogP contribution in [-0.4, -0.2) is 14.7 Å². The maximum Gasteiger partial charge on any atom is 0.229 e. The minimum absolute atomic E-state index is 0.455. The van der Waals surface area contributed by atoms with E-state index in [-0.39, 0.29) is 0 Å². The first-order valence-corrected chi connectivity index (χ1v) is 6.56. The minimum Gasteiger partial charge on any atom is -0.212 e. The average molecular weight is 190 g/mol. The number of rotatable bonds is 2. The third kappa shape index (κ3) is 2.10. The van der Waals surface area contributed by atoms with Crippen LogP contribution in [0.1, 0.15) is 12.8 Å². The van der Waals surface area contributed by atoms with Crippen molar-refractivity contribution in [2.24, 2.45) is 0 Å². The molecule has 0 radical (unpaired) electrons. The smallest absolute Gasteiger partial charge is 0.212 e. The zero-order valence-corrected chi connectivity index (χ0v) is 7.91. The van der Waals surface area contributed by atoms with Gasteiger partial charge in [-0.15, -0.1) is 0 Å². The number of allylic oxidation sites excluding steroid dienone is 3. The van der Waals surface area contributed by atoms with Crippen LogP contribution in [0.4, 0.5) is 0 Å². The quantitative estimate of drug-likeness (QED) is 0.624. The second kappa shape index (κ2) is 3.45. The van der Waals surface area contributed by atoms with Gasteiger partial charge in [0.2, 0.25) is 8.87 Å². The second-order valence-corrected chi connectivity index (χ2v) is 6.24. The first-order valence-electron chi connectivity index (χ1n) is 3.34. The van der Waals surface area contributed by atoms with Gasteiger partial charge in [0.05, 0.1) is 4.91 Å². The van der Waals surface area contributed by atoms with Crippen LogP contribution in [0.25, 0.3) is 0 Å². The predicted octanol–water partition coefficient (Wildman–Crippen LogP) is 1.91. The van der Waals surface area contributed by atoms with Crippen LogP contribution in [-0.2, 0) is 8.87 Å². The van der Waals surface area contributed by atoms with Crippen molar-refractivity contribution >= 4 is 19.7 Å². The minimum atomic E-state index is -3.03. The van der Waals surface area contributed by atoms with Crippen LogP contribution < -0.4 is 0 Å². The maximum absolute atomic E-state index is 11.2. The van der Waals surface area contributed by atoms with Gasteiger partial charge in [0.15, 0.2) is 0 Å². The van der Waals surface area contributed by atoms with Crippen molar-refractivity contribution in [3.05, 3.63) is 23.1 Å².